The largest absolute Gasteiger partial charge is 0.481 e. The first-order valence-corrected chi connectivity index (χ1v) is 6.41. The summed E-state index contributed by atoms with van der Waals surface area (Å²) in [5.74, 6) is -1.17. The number of hydrogen-bond acceptors (Lipinski definition) is 3. The molecule has 1 aliphatic rings. The van der Waals surface area contributed by atoms with Crippen LogP contribution in [0.4, 0.5) is 5.69 Å². The van der Waals surface area contributed by atoms with Crippen molar-refractivity contribution in [1.82, 2.24) is 5.32 Å². The van der Waals surface area contributed by atoms with Crippen molar-refractivity contribution >= 4 is 17.6 Å². The van der Waals surface area contributed by atoms with Gasteiger partial charge in [0.1, 0.15) is 0 Å². The summed E-state index contributed by atoms with van der Waals surface area (Å²) in [5, 5.41) is 12.0. The van der Waals surface area contributed by atoms with E-state index in [0.29, 0.717) is 19.5 Å². The van der Waals surface area contributed by atoms with E-state index in [1.165, 1.54) is 0 Å². The number of anilines is 1. The molecule has 2 N–H and O–H groups in total. The van der Waals surface area contributed by atoms with Crippen molar-refractivity contribution < 1.29 is 14.7 Å². The normalized spacial score (nSPS) is 17.3. The van der Waals surface area contributed by atoms with Crippen LogP contribution in [0.5, 0.6) is 0 Å². The molecule has 1 unspecified atom stereocenters. The van der Waals surface area contributed by atoms with Gasteiger partial charge in [-0.1, -0.05) is 19.1 Å². The molecule has 0 aromatic heterocycles. The molecule has 19 heavy (non-hydrogen) atoms. The predicted molar refractivity (Wildman–Crippen MR) is 72.2 cm³/mol. The summed E-state index contributed by atoms with van der Waals surface area (Å²) >= 11 is 0. The first-order chi connectivity index (χ1) is 9.08. The number of nitrogens with zero attached hydrogens (tertiary/aromatic N) is 1. The molecule has 102 valence electrons. The van der Waals surface area contributed by atoms with Gasteiger partial charge in [0.15, 0.2) is 0 Å². The highest BCUT2D eigenvalue weighted by atomic mass is 16.4. The highest BCUT2D eigenvalue weighted by molar-refractivity contribution is 5.95. The van der Waals surface area contributed by atoms with Crippen LogP contribution in [0.15, 0.2) is 24.3 Å². The Bertz CT molecular complexity index is 487. The summed E-state index contributed by atoms with van der Waals surface area (Å²) in [4.78, 5) is 24.4. The third-order valence-corrected chi connectivity index (χ3v) is 3.28. The number of amides is 1. The van der Waals surface area contributed by atoms with Gasteiger partial charge < -0.3 is 15.3 Å². The second-order valence-corrected chi connectivity index (χ2v) is 4.84. The van der Waals surface area contributed by atoms with E-state index in [1.807, 2.05) is 24.3 Å². The van der Waals surface area contributed by atoms with Crippen molar-refractivity contribution in [2.24, 2.45) is 5.92 Å². The summed E-state index contributed by atoms with van der Waals surface area (Å²) in [6.07, 6.45) is 0.476. The average Bonchev–Trinajstić information content (AvgIpc) is 2.39. The number of rotatable bonds is 4. The molecule has 1 aromatic rings. The van der Waals surface area contributed by atoms with E-state index < -0.39 is 11.9 Å². The highest BCUT2D eigenvalue weighted by Crippen LogP contribution is 2.19. The van der Waals surface area contributed by atoms with Gasteiger partial charge in [0.25, 0.3) is 0 Å². The summed E-state index contributed by atoms with van der Waals surface area (Å²) in [6, 6.07) is 7.56. The van der Waals surface area contributed by atoms with Crippen molar-refractivity contribution in [1.29, 1.82) is 0 Å². The van der Waals surface area contributed by atoms with Gasteiger partial charge in [0, 0.05) is 18.8 Å². The van der Waals surface area contributed by atoms with Gasteiger partial charge in [-0.25, -0.2) is 0 Å². The van der Waals surface area contributed by atoms with Gasteiger partial charge in [-0.05, 0) is 24.1 Å². The molecule has 0 saturated carbocycles. The fraction of sp³-hybridized carbons (Fsp3) is 0.429. The van der Waals surface area contributed by atoms with E-state index in [1.54, 1.807) is 11.8 Å². The fourth-order valence-electron chi connectivity index (χ4n) is 2.17. The summed E-state index contributed by atoms with van der Waals surface area (Å²) in [5.41, 5.74) is 1.79. The van der Waals surface area contributed by atoms with E-state index in [-0.39, 0.29) is 5.91 Å². The molecule has 1 amide bonds. The molecule has 0 aliphatic carbocycles. The van der Waals surface area contributed by atoms with Crippen LogP contribution in [-0.2, 0) is 16.0 Å². The third kappa shape index (κ3) is 3.32. The second kappa shape index (κ2) is 5.84. The minimum atomic E-state index is -0.802. The molecular weight excluding hydrogens is 244 g/mol. The molecule has 2 rings (SSSR count). The van der Waals surface area contributed by atoms with E-state index in [4.69, 9.17) is 5.11 Å². The summed E-state index contributed by atoms with van der Waals surface area (Å²) in [7, 11) is 0. The van der Waals surface area contributed by atoms with Crippen LogP contribution >= 0.6 is 0 Å². The molecule has 1 aliphatic heterocycles. The van der Waals surface area contributed by atoms with Gasteiger partial charge in [-0.15, -0.1) is 0 Å². The van der Waals surface area contributed by atoms with E-state index in [2.05, 4.69) is 5.32 Å². The van der Waals surface area contributed by atoms with Crippen LogP contribution < -0.4 is 10.2 Å². The zero-order valence-corrected chi connectivity index (χ0v) is 10.9. The number of hydrogen-bond donors (Lipinski definition) is 2. The number of carboxylic acids is 1. The van der Waals surface area contributed by atoms with Crippen molar-refractivity contribution in [2.45, 2.75) is 13.3 Å². The molecule has 1 atom stereocenters. The highest BCUT2D eigenvalue weighted by Gasteiger charge is 2.19. The lowest BCUT2D eigenvalue weighted by Gasteiger charge is -2.27. The SMILES string of the molecule is CC(Cc1cccc(N2CCNCC2=O)c1)C(=O)O. The van der Waals surface area contributed by atoms with Gasteiger partial charge in [0.2, 0.25) is 5.91 Å². The van der Waals surface area contributed by atoms with Gasteiger partial charge in [-0.3, -0.25) is 9.59 Å². The van der Waals surface area contributed by atoms with E-state index in [0.717, 1.165) is 17.8 Å². The second-order valence-electron chi connectivity index (χ2n) is 4.84. The molecule has 1 saturated heterocycles. The Morgan fingerprint density at radius 3 is 3.00 bits per heavy atom. The van der Waals surface area contributed by atoms with Crippen LogP contribution in [0.25, 0.3) is 0 Å². The molecule has 1 aromatic carbocycles. The lowest BCUT2D eigenvalue weighted by Crippen LogP contribution is -2.48. The topological polar surface area (TPSA) is 69.6 Å². The Hall–Kier alpha value is -1.88. The smallest absolute Gasteiger partial charge is 0.306 e. The molecule has 5 nitrogen and oxygen atoms in total. The Balaban J connectivity index is 2.14. The monoisotopic (exact) mass is 262 g/mol. The van der Waals surface area contributed by atoms with Gasteiger partial charge in [0.05, 0.1) is 12.5 Å². The van der Waals surface area contributed by atoms with Crippen LogP contribution in [0.3, 0.4) is 0 Å². The molecule has 1 heterocycles. The van der Waals surface area contributed by atoms with Crippen LogP contribution in [0, 0.1) is 5.92 Å². The first kappa shape index (κ1) is 13.5. The standard InChI is InChI=1S/C14H18N2O3/c1-10(14(18)19)7-11-3-2-4-12(8-11)16-6-5-15-9-13(16)17/h2-4,8,10,15H,5-7,9H2,1H3,(H,18,19). The first-order valence-electron chi connectivity index (χ1n) is 6.41. The zero-order valence-electron chi connectivity index (χ0n) is 10.9. The maximum atomic E-state index is 11.8. The number of piperazine rings is 1. The van der Waals surface area contributed by atoms with Crippen molar-refractivity contribution in [3.8, 4) is 0 Å². The molecule has 0 radical (unpaired) electrons. The lowest BCUT2D eigenvalue weighted by molar-refractivity contribution is -0.141. The van der Waals surface area contributed by atoms with E-state index >= 15 is 0 Å². The minimum absolute atomic E-state index is 0.0506. The predicted octanol–water partition coefficient (Wildman–Crippen LogP) is 0.886. The molecule has 1 fully saturated rings. The van der Waals surface area contributed by atoms with Crippen molar-refractivity contribution in [3.63, 3.8) is 0 Å². The van der Waals surface area contributed by atoms with Crippen LogP contribution in [0.1, 0.15) is 12.5 Å². The summed E-state index contributed by atoms with van der Waals surface area (Å²) < 4.78 is 0. The maximum absolute atomic E-state index is 11.8. The van der Waals surface area contributed by atoms with E-state index in [9.17, 15) is 9.59 Å². The number of carbonyl (C=O) groups is 2. The minimum Gasteiger partial charge on any atom is -0.481 e. The number of carbonyl (C=O) groups excluding carboxylic acids is 1. The molecular formula is C14H18N2O3. The van der Waals surface area contributed by atoms with Crippen molar-refractivity contribution in [2.75, 3.05) is 24.5 Å². The van der Waals surface area contributed by atoms with Crippen molar-refractivity contribution in [3.05, 3.63) is 29.8 Å². The molecule has 0 spiro atoms. The quantitative estimate of drug-likeness (QED) is 0.845. The number of nitrogens with one attached hydrogen (secondary N) is 1. The Morgan fingerprint density at radius 1 is 1.53 bits per heavy atom. The Labute approximate surface area is 112 Å². The zero-order chi connectivity index (χ0) is 13.8. The third-order valence-electron chi connectivity index (χ3n) is 3.28. The maximum Gasteiger partial charge on any atom is 0.306 e. The number of aliphatic carboxylic acids is 1. The Morgan fingerprint density at radius 2 is 2.32 bits per heavy atom. The van der Waals surface area contributed by atoms with Gasteiger partial charge >= 0.3 is 5.97 Å². The van der Waals surface area contributed by atoms with Crippen LogP contribution in [-0.4, -0.2) is 36.6 Å². The van der Waals surface area contributed by atoms with Crippen LogP contribution in [0.2, 0.25) is 0 Å². The van der Waals surface area contributed by atoms with Gasteiger partial charge in [-0.2, -0.15) is 0 Å². The number of carboxylic acid groups (broad SMARTS) is 1. The fourth-order valence-corrected chi connectivity index (χ4v) is 2.17. The summed E-state index contributed by atoms with van der Waals surface area (Å²) in [6.45, 7) is 3.47. The molecule has 5 heteroatoms. The lowest BCUT2D eigenvalue weighted by atomic mass is 10.0. The molecule has 0 bridgehead atoms. The average molecular weight is 262 g/mol. The Kier molecular flexibility index (Phi) is 4.16. The number of benzene rings is 1.